The number of benzene rings is 2. The van der Waals surface area contributed by atoms with Gasteiger partial charge in [0.1, 0.15) is 6.54 Å². The number of carbonyl (C=O) groups excluding carboxylic acids is 1. The van der Waals surface area contributed by atoms with Gasteiger partial charge in [-0.2, -0.15) is 0 Å². The summed E-state index contributed by atoms with van der Waals surface area (Å²) in [6, 6.07) is 14.9. The van der Waals surface area contributed by atoms with Crippen LogP contribution in [0.25, 0.3) is 0 Å². The Balaban J connectivity index is 2.13. The molecule has 0 aromatic heterocycles. The average Bonchev–Trinajstić information content (AvgIpc) is 2.59. The SMILES string of the molecule is Cc1ccc([C@@H](C)NC(=O)CN(c2ccc(C(C)C)cc2)S(C)(=O)=O)cc1. The summed E-state index contributed by atoms with van der Waals surface area (Å²) in [5, 5.41) is 2.87. The van der Waals surface area contributed by atoms with E-state index in [1.165, 1.54) is 0 Å². The predicted octanol–water partition coefficient (Wildman–Crippen LogP) is 3.76. The Labute approximate surface area is 162 Å². The first-order valence-corrected chi connectivity index (χ1v) is 10.9. The van der Waals surface area contributed by atoms with Gasteiger partial charge < -0.3 is 5.32 Å². The van der Waals surface area contributed by atoms with Gasteiger partial charge >= 0.3 is 0 Å². The van der Waals surface area contributed by atoms with Crippen molar-refractivity contribution in [2.24, 2.45) is 0 Å². The fourth-order valence-electron chi connectivity index (χ4n) is 2.78. The molecule has 0 radical (unpaired) electrons. The minimum absolute atomic E-state index is 0.206. The molecule has 2 rings (SSSR count). The van der Waals surface area contributed by atoms with E-state index in [4.69, 9.17) is 0 Å². The average molecular weight is 389 g/mol. The number of amides is 1. The highest BCUT2D eigenvalue weighted by Crippen LogP contribution is 2.22. The van der Waals surface area contributed by atoms with Gasteiger partial charge in [-0.3, -0.25) is 9.10 Å². The smallest absolute Gasteiger partial charge is 0.241 e. The van der Waals surface area contributed by atoms with Gasteiger partial charge in [-0.1, -0.05) is 55.8 Å². The zero-order valence-corrected chi connectivity index (χ0v) is 17.4. The number of hydrogen-bond acceptors (Lipinski definition) is 3. The number of hydrogen-bond donors (Lipinski definition) is 1. The second kappa shape index (κ2) is 8.57. The third-order valence-corrected chi connectivity index (χ3v) is 5.63. The van der Waals surface area contributed by atoms with Crippen LogP contribution in [-0.2, 0) is 14.8 Å². The predicted molar refractivity (Wildman–Crippen MR) is 110 cm³/mol. The fourth-order valence-corrected chi connectivity index (χ4v) is 3.64. The van der Waals surface area contributed by atoms with Gasteiger partial charge in [0.15, 0.2) is 0 Å². The van der Waals surface area contributed by atoms with E-state index < -0.39 is 10.0 Å². The number of nitrogens with one attached hydrogen (secondary N) is 1. The summed E-state index contributed by atoms with van der Waals surface area (Å²) in [5.74, 6) is 0.00540. The molecule has 0 saturated heterocycles. The zero-order valence-electron chi connectivity index (χ0n) is 16.6. The van der Waals surface area contributed by atoms with E-state index >= 15 is 0 Å². The van der Waals surface area contributed by atoms with Crippen LogP contribution < -0.4 is 9.62 Å². The van der Waals surface area contributed by atoms with Crippen LogP contribution in [0.2, 0.25) is 0 Å². The van der Waals surface area contributed by atoms with E-state index in [0.717, 1.165) is 27.3 Å². The van der Waals surface area contributed by atoms with Crippen molar-refractivity contribution in [3.8, 4) is 0 Å². The molecule has 6 heteroatoms. The minimum atomic E-state index is -3.58. The molecule has 0 unspecified atom stereocenters. The molecule has 146 valence electrons. The van der Waals surface area contributed by atoms with Crippen molar-refractivity contribution >= 4 is 21.6 Å². The maximum Gasteiger partial charge on any atom is 0.241 e. The Hall–Kier alpha value is -2.34. The van der Waals surface area contributed by atoms with Crippen molar-refractivity contribution in [3.05, 3.63) is 65.2 Å². The number of rotatable bonds is 7. The van der Waals surface area contributed by atoms with Crippen LogP contribution in [0, 0.1) is 6.92 Å². The highest BCUT2D eigenvalue weighted by Gasteiger charge is 2.22. The summed E-state index contributed by atoms with van der Waals surface area (Å²) in [7, 11) is -3.58. The van der Waals surface area contributed by atoms with E-state index in [9.17, 15) is 13.2 Å². The maximum atomic E-state index is 12.5. The summed E-state index contributed by atoms with van der Waals surface area (Å²) in [6.45, 7) is 7.77. The molecular weight excluding hydrogens is 360 g/mol. The third kappa shape index (κ3) is 5.82. The van der Waals surface area contributed by atoms with Gasteiger partial charge in [-0.05, 0) is 43.0 Å². The van der Waals surface area contributed by atoms with Gasteiger partial charge in [0.2, 0.25) is 15.9 Å². The largest absolute Gasteiger partial charge is 0.348 e. The Bertz CT molecular complexity index is 873. The molecule has 2 aromatic carbocycles. The van der Waals surface area contributed by atoms with Gasteiger partial charge in [0.25, 0.3) is 0 Å². The highest BCUT2D eigenvalue weighted by atomic mass is 32.2. The van der Waals surface area contributed by atoms with Crippen LogP contribution in [0.4, 0.5) is 5.69 Å². The summed E-state index contributed by atoms with van der Waals surface area (Å²) < 4.78 is 25.6. The summed E-state index contributed by atoms with van der Waals surface area (Å²) in [4.78, 5) is 12.5. The molecule has 0 spiro atoms. The number of sulfonamides is 1. The Kier molecular flexibility index (Phi) is 6.65. The molecule has 1 atom stereocenters. The molecular formula is C21H28N2O3S. The van der Waals surface area contributed by atoms with Crippen molar-refractivity contribution in [1.29, 1.82) is 0 Å². The third-order valence-electron chi connectivity index (χ3n) is 4.49. The molecule has 1 amide bonds. The minimum Gasteiger partial charge on any atom is -0.348 e. The highest BCUT2D eigenvalue weighted by molar-refractivity contribution is 7.92. The Morgan fingerprint density at radius 1 is 0.963 bits per heavy atom. The van der Waals surface area contributed by atoms with Gasteiger partial charge in [0, 0.05) is 0 Å². The number of carbonyl (C=O) groups is 1. The lowest BCUT2D eigenvalue weighted by Gasteiger charge is -2.23. The number of aryl methyl sites for hydroxylation is 1. The molecule has 0 fully saturated rings. The number of anilines is 1. The lowest BCUT2D eigenvalue weighted by molar-refractivity contribution is -0.120. The first-order valence-electron chi connectivity index (χ1n) is 9.01. The topological polar surface area (TPSA) is 66.5 Å². The van der Waals surface area contributed by atoms with Crippen molar-refractivity contribution in [1.82, 2.24) is 5.32 Å². The molecule has 0 bridgehead atoms. The van der Waals surface area contributed by atoms with E-state index in [-0.39, 0.29) is 18.5 Å². The van der Waals surface area contributed by atoms with E-state index in [1.807, 2.05) is 50.2 Å². The van der Waals surface area contributed by atoms with Crippen molar-refractivity contribution in [2.75, 3.05) is 17.1 Å². The van der Waals surface area contributed by atoms with Gasteiger partial charge in [-0.15, -0.1) is 0 Å². The second-order valence-electron chi connectivity index (χ2n) is 7.22. The molecule has 5 nitrogen and oxygen atoms in total. The summed E-state index contributed by atoms with van der Waals surface area (Å²) in [6.07, 6.45) is 1.11. The van der Waals surface area contributed by atoms with Crippen molar-refractivity contribution in [3.63, 3.8) is 0 Å². The monoisotopic (exact) mass is 388 g/mol. The molecule has 0 heterocycles. The Morgan fingerprint density at radius 2 is 1.48 bits per heavy atom. The summed E-state index contributed by atoms with van der Waals surface area (Å²) in [5.41, 5.74) is 3.72. The van der Waals surface area contributed by atoms with Crippen LogP contribution in [0.5, 0.6) is 0 Å². The molecule has 0 aliphatic rings. The molecule has 0 saturated carbocycles. The Morgan fingerprint density at radius 3 is 1.96 bits per heavy atom. The molecule has 0 aliphatic heterocycles. The van der Waals surface area contributed by atoms with Crippen molar-refractivity contribution in [2.45, 2.75) is 39.7 Å². The van der Waals surface area contributed by atoms with Crippen LogP contribution in [0.1, 0.15) is 49.4 Å². The fraction of sp³-hybridized carbons (Fsp3) is 0.381. The first-order chi connectivity index (χ1) is 12.6. The van der Waals surface area contributed by atoms with Gasteiger partial charge in [-0.25, -0.2) is 8.42 Å². The summed E-state index contributed by atoms with van der Waals surface area (Å²) >= 11 is 0. The quantitative estimate of drug-likeness (QED) is 0.785. The van der Waals surface area contributed by atoms with E-state index in [1.54, 1.807) is 12.1 Å². The number of nitrogens with zero attached hydrogens (tertiary/aromatic N) is 1. The molecule has 2 aromatic rings. The lowest BCUT2D eigenvalue weighted by atomic mass is 10.0. The normalized spacial score (nSPS) is 12.7. The van der Waals surface area contributed by atoms with E-state index in [0.29, 0.717) is 11.6 Å². The van der Waals surface area contributed by atoms with Crippen LogP contribution in [0.3, 0.4) is 0 Å². The standard InChI is InChI=1S/C21H28N2O3S/c1-15(2)18-10-12-20(13-11-18)23(27(5,25)26)14-21(24)22-17(4)19-8-6-16(3)7-9-19/h6-13,15,17H,14H2,1-5H3,(H,22,24)/t17-/m1/s1. The lowest BCUT2D eigenvalue weighted by Crippen LogP contribution is -2.41. The maximum absolute atomic E-state index is 12.5. The first kappa shape index (κ1) is 21.0. The molecule has 1 N–H and O–H groups in total. The van der Waals surface area contributed by atoms with Crippen LogP contribution in [-0.4, -0.2) is 27.1 Å². The zero-order chi connectivity index (χ0) is 20.2. The molecule has 27 heavy (non-hydrogen) atoms. The van der Waals surface area contributed by atoms with Crippen LogP contribution >= 0.6 is 0 Å². The second-order valence-corrected chi connectivity index (χ2v) is 9.12. The van der Waals surface area contributed by atoms with E-state index in [2.05, 4.69) is 19.2 Å². The van der Waals surface area contributed by atoms with Crippen LogP contribution in [0.15, 0.2) is 48.5 Å². The van der Waals surface area contributed by atoms with Crippen molar-refractivity contribution < 1.29 is 13.2 Å². The van der Waals surface area contributed by atoms with Gasteiger partial charge in [0.05, 0.1) is 18.0 Å². The molecule has 0 aliphatic carbocycles.